The van der Waals surface area contributed by atoms with Crippen molar-refractivity contribution in [3.8, 4) is 0 Å². The van der Waals surface area contributed by atoms with Crippen LogP contribution in [0, 0.1) is 0 Å². The lowest BCUT2D eigenvalue weighted by atomic mass is 10.1. The van der Waals surface area contributed by atoms with Crippen LogP contribution in [-0.2, 0) is 38.4 Å². The molecule has 1 aliphatic rings. The molecule has 1 amide bonds. The third kappa shape index (κ3) is 3.01. The van der Waals surface area contributed by atoms with Gasteiger partial charge in [-0.15, -0.1) is 11.3 Å². The number of aryl methyl sites for hydroxylation is 2. The van der Waals surface area contributed by atoms with Crippen molar-refractivity contribution in [3.63, 3.8) is 0 Å². The summed E-state index contributed by atoms with van der Waals surface area (Å²) in [6.45, 7) is 1.96. The van der Waals surface area contributed by atoms with Crippen molar-refractivity contribution in [1.82, 2.24) is 23.6 Å². The highest BCUT2D eigenvalue weighted by atomic mass is 32.1. The van der Waals surface area contributed by atoms with E-state index >= 15 is 0 Å². The maximum atomic E-state index is 12.5. The molecule has 3 aromatic heterocycles. The van der Waals surface area contributed by atoms with E-state index in [0.717, 1.165) is 17.5 Å². The van der Waals surface area contributed by atoms with Gasteiger partial charge in [-0.1, -0.05) is 0 Å². The summed E-state index contributed by atoms with van der Waals surface area (Å²) in [7, 11) is 3.06. The Kier molecular flexibility index (Phi) is 4.47. The highest BCUT2D eigenvalue weighted by Crippen LogP contribution is 2.24. The van der Waals surface area contributed by atoms with E-state index < -0.39 is 5.69 Å². The van der Waals surface area contributed by atoms with E-state index in [-0.39, 0.29) is 11.5 Å². The third-order valence-electron chi connectivity index (χ3n) is 5.17. The van der Waals surface area contributed by atoms with E-state index in [1.807, 2.05) is 4.90 Å². The molecule has 3 aromatic rings. The Bertz CT molecular complexity index is 1140. The van der Waals surface area contributed by atoms with Crippen LogP contribution >= 0.6 is 11.3 Å². The summed E-state index contributed by atoms with van der Waals surface area (Å²) in [6.07, 6.45) is 3.53. The molecular weight excluding hydrogens is 366 g/mol. The molecule has 0 saturated heterocycles. The number of nitrogens with zero attached hydrogens (tertiary/aromatic N) is 5. The van der Waals surface area contributed by atoms with Crippen molar-refractivity contribution in [1.29, 1.82) is 0 Å². The lowest BCUT2D eigenvalue weighted by molar-refractivity contribution is -0.132. The van der Waals surface area contributed by atoms with Gasteiger partial charge in [0.25, 0.3) is 5.56 Å². The average Bonchev–Trinajstić information content (AvgIpc) is 3.30. The van der Waals surface area contributed by atoms with Crippen LogP contribution < -0.4 is 11.2 Å². The Labute approximate surface area is 159 Å². The lowest BCUT2D eigenvalue weighted by Gasteiger charge is -2.27. The summed E-state index contributed by atoms with van der Waals surface area (Å²) in [4.78, 5) is 44.4. The van der Waals surface area contributed by atoms with E-state index in [2.05, 4.69) is 16.4 Å². The number of aromatic nitrogens is 4. The van der Waals surface area contributed by atoms with Crippen molar-refractivity contribution in [2.45, 2.75) is 32.4 Å². The summed E-state index contributed by atoms with van der Waals surface area (Å²) in [6, 6.07) is 2.09. The fourth-order valence-electron chi connectivity index (χ4n) is 3.59. The number of hydrogen-bond acceptors (Lipinski definition) is 5. The minimum Gasteiger partial charge on any atom is -0.338 e. The number of carbonyl (C=O) groups is 1. The molecule has 1 aliphatic heterocycles. The number of fused-ring (bicyclic) bond motifs is 2. The van der Waals surface area contributed by atoms with Gasteiger partial charge >= 0.3 is 5.69 Å². The average molecular weight is 387 g/mol. The molecule has 0 bridgehead atoms. The first-order valence-corrected chi connectivity index (χ1v) is 9.79. The fraction of sp³-hybridized carbons (Fsp3) is 0.444. The Balaban J connectivity index is 1.45. The zero-order chi connectivity index (χ0) is 19.1. The lowest BCUT2D eigenvalue weighted by Crippen LogP contribution is -2.37. The first kappa shape index (κ1) is 17.7. The molecule has 0 N–H and O–H groups in total. The van der Waals surface area contributed by atoms with Crippen molar-refractivity contribution < 1.29 is 4.79 Å². The molecule has 0 fully saturated rings. The summed E-state index contributed by atoms with van der Waals surface area (Å²) >= 11 is 1.76. The van der Waals surface area contributed by atoms with Crippen LogP contribution in [0.4, 0.5) is 0 Å². The molecule has 0 aliphatic carbocycles. The van der Waals surface area contributed by atoms with Crippen LogP contribution in [-0.4, -0.2) is 36.0 Å². The highest BCUT2D eigenvalue weighted by Gasteiger charge is 2.21. The second kappa shape index (κ2) is 6.80. The molecule has 142 valence electrons. The zero-order valence-corrected chi connectivity index (χ0v) is 16.2. The second-order valence-electron chi connectivity index (χ2n) is 6.85. The van der Waals surface area contributed by atoms with Crippen molar-refractivity contribution in [3.05, 3.63) is 49.1 Å². The molecule has 8 nitrogen and oxygen atoms in total. The van der Waals surface area contributed by atoms with Crippen LogP contribution in [0.3, 0.4) is 0 Å². The molecule has 0 spiro atoms. The van der Waals surface area contributed by atoms with Crippen LogP contribution in [0.5, 0.6) is 0 Å². The molecule has 0 radical (unpaired) electrons. The van der Waals surface area contributed by atoms with E-state index in [0.29, 0.717) is 37.1 Å². The minimum atomic E-state index is -0.397. The molecule has 0 saturated carbocycles. The summed E-state index contributed by atoms with van der Waals surface area (Å²) in [5, 5.41) is 2.08. The minimum absolute atomic E-state index is 0.136. The van der Waals surface area contributed by atoms with Gasteiger partial charge in [0.15, 0.2) is 11.2 Å². The molecule has 27 heavy (non-hydrogen) atoms. The number of rotatable bonds is 4. The van der Waals surface area contributed by atoms with Crippen molar-refractivity contribution in [2.24, 2.45) is 14.1 Å². The van der Waals surface area contributed by atoms with Gasteiger partial charge in [0, 0.05) is 45.0 Å². The first-order chi connectivity index (χ1) is 13.0. The SMILES string of the molecule is Cn1c(=O)c2c(ncn2CCCC(=O)N2CCc3sccc3C2)n(C)c1=O. The summed E-state index contributed by atoms with van der Waals surface area (Å²) < 4.78 is 4.18. The standard InChI is InChI=1S/C18H21N5O3S/c1-20-16-15(17(25)21(2)18(20)26)23(11-19-16)7-3-4-14(24)22-8-5-13-12(10-22)6-9-27-13/h6,9,11H,3-5,7-8,10H2,1-2H3. The fourth-order valence-corrected chi connectivity index (χ4v) is 4.48. The van der Waals surface area contributed by atoms with Crippen LogP contribution in [0.15, 0.2) is 27.4 Å². The number of thiophene rings is 1. The van der Waals surface area contributed by atoms with E-state index in [1.54, 1.807) is 29.3 Å². The van der Waals surface area contributed by atoms with Gasteiger partial charge in [0.1, 0.15) is 0 Å². The topological polar surface area (TPSA) is 82.1 Å². The number of hydrogen-bond donors (Lipinski definition) is 0. The summed E-state index contributed by atoms with van der Waals surface area (Å²) in [5.74, 6) is 0.136. The normalized spacial score (nSPS) is 13.9. The van der Waals surface area contributed by atoms with Gasteiger partial charge in [-0.25, -0.2) is 9.78 Å². The van der Waals surface area contributed by atoms with E-state index in [4.69, 9.17) is 0 Å². The van der Waals surface area contributed by atoms with Gasteiger partial charge in [-0.05, 0) is 29.9 Å². The number of imidazole rings is 1. The van der Waals surface area contributed by atoms with Crippen molar-refractivity contribution in [2.75, 3.05) is 6.54 Å². The van der Waals surface area contributed by atoms with Gasteiger partial charge in [0.05, 0.1) is 6.33 Å². The van der Waals surface area contributed by atoms with Gasteiger partial charge in [-0.3, -0.25) is 18.7 Å². The quantitative estimate of drug-likeness (QED) is 0.665. The van der Waals surface area contributed by atoms with Crippen LogP contribution in [0.25, 0.3) is 11.2 Å². The predicted octanol–water partition coefficient (Wildman–Crippen LogP) is 0.860. The number of amides is 1. The molecule has 0 unspecified atom stereocenters. The van der Waals surface area contributed by atoms with Gasteiger partial charge in [-0.2, -0.15) is 0 Å². The van der Waals surface area contributed by atoms with Crippen LogP contribution in [0.2, 0.25) is 0 Å². The Morgan fingerprint density at radius 1 is 1.26 bits per heavy atom. The predicted molar refractivity (Wildman–Crippen MR) is 103 cm³/mol. The molecule has 9 heteroatoms. The monoisotopic (exact) mass is 387 g/mol. The zero-order valence-electron chi connectivity index (χ0n) is 15.3. The third-order valence-corrected chi connectivity index (χ3v) is 6.19. The smallest absolute Gasteiger partial charge is 0.332 e. The summed E-state index contributed by atoms with van der Waals surface area (Å²) in [5.41, 5.74) is 1.26. The largest absolute Gasteiger partial charge is 0.338 e. The van der Waals surface area contributed by atoms with Gasteiger partial charge < -0.3 is 9.47 Å². The van der Waals surface area contributed by atoms with Gasteiger partial charge in [0.2, 0.25) is 5.91 Å². The maximum absolute atomic E-state index is 12.5. The first-order valence-electron chi connectivity index (χ1n) is 8.91. The second-order valence-corrected chi connectivity index (χ2v) is 7.85. The Morgan fingerprint density at radius 2 is 2.07 bits per heavy atom. The molecular formula is C18H21N5O3S. The van der Waals surface area contributed by atoms with Crippen LogP contribution in [0.1, 0.15) is 23.3 Å². The molecule has 4 rings (SSSR count). The Morgan fingerprint density at radius 3 is 2.89 bits per heavy atom. The maximum Gasteiger partial charge on any atom is 0.332 e. The Hall–Kier alpha value is -2.68. The number of carbonyl (C=O) groups excluding carboxylic acids is 1. The van der Waals surface area contributed by atoms with E-state index in [1.165, 1.54) is 22.1 Å². The molecule has 0 atom stereocenters. The molecule has 4 heterocycles. The van der Waals surface area contributed by atoms with Crippen molar-refractivity contribution >= 4 is 28.4 Å². The molecule has 0 aromatic carbocycles. The highest BCUT2D eigenvalue weighted by molar-refractivity contribution is 7.10. The van der Waals surface area contributed by atoms with E-state index in [9.17, 15) is 14.4 Å².